The largest absolute Gasteiger partial charge is 0.497 e. The van der Waals surface area contributed by atoms with E-state index in [4.69, 9.17) is 39.5 Å². The number of methoxy groups -OCH3 is 1. The molecule has 0 saturated carbocycles. The molecule has 122 valence electrons. The van der Waals surface area contributed by atoms with E-state index in [9.17, 15) is 4.79 Å². The van der Waals surface area contributed by atoms with E-state index < -0.39 is 0 Å². The van der Waals surface area contributed by atoms with Crippen molar-refractivity contribution >= 4 is 58.2 Å². The summed E-state index contributed by atoms with van der Waals surface area (Å²) in [6, 6.07) is 10.6. The summed E-state index contributed by atoms with van der Waals surface area (Å²) in [7, 11) is 1.60. The topological polar surface area (TPSA) is 38.3 Å². The molecule has 0 aliphatic carbocycles. The molecule has 0 radical (unpaired) electrons. The highest BCUT2D eigenvalue weighted by molar-refractivity contribution is 8.00. The second-order valence-electron chi connectivity index (χ2n) is 4.67. The number of thioether (sulfide) groups is 1. The number of hydrogen-bond acceptors (Lipinski definition) is 3. The molecule has 2 rings (SSSR count). The molecule has 1 atom stereocenters. The number of carbonyl (C=O) groups is 1. The van der Waals surface area contributed by atoms with Gasteiger partial charge in [-0.2, -0.15) is 0 Å². The van der Waals surface area contributed by atoms with Crippen molar-refractivity contribution in [3.8, 4) is 5.75 Å². The van der Waals surface area contributed by atoms with Crippen molar-refractivity contribution in [2.45, 2.75) is 17.1 Å². The number of carbonyl (C=O) groups excluding carboxylic acids is 1. The van der Waals surface area contributed by atoms with Crippen molar-refractivity contribution in [3.05, 3.63) is 51.5 Å². The molecule has 3 nitrogen and oxygen atoms in total. The van der Waals surface area contributed by atoms with Crippen LogP contribution in [-0.2, 0) is 4.79 Å². The number of rotatable bonds is 5. The predicted molar refractivity (Wildman–Crippen MR) is 98.4 cm³/mol. The van der Waals surface area contributed by atoms with Crippen LogP contribution in [0.15, 0.2) is 41.3 Å². The summed E-state index contributed by atoms with van der Waals surface area (Å²) in [4.78, 5) is 13.3. The van der Waals surface area contributed by atoms with E-state index in [0.29, 0.717) is 20.8 Å². The predicted octanol–water partition coefficient (Wildman–Crippen LogP) is 5.77. The Labute approximate surface area is 154 Å². The third kappa shape index (κ3) is 4.95. The molecule has 0 aliphatic rings. The first kappa shape index (κ1) is 18.3. The highest BCUT2D eigenvalue weighted by Crippen LogP contribution is 2.34. The molecule has 2 aromatic carbocycles. The minimum absolute atomic E-state index is 0.205. The number of amides is 1. The van der Waals surface area contributed by atoms with Crippen LogP contribution in [0.25, 0.3) is 0 Å². The number of nitrogens with one attached hydrogen (secondary N) is 1. The third-order valence-electron chi connectivity index (χ3n) is 2.98. The summed E-state index contributed by atoms with van der Waals surface area (Å²) < 4.78 is 5.17. The van der Waals surface area contributed by atoms with Gasteiger partial charge in [-0.3, -0.25) is 4.79 Å². The average molecular weight is 391 g/mol. The third-order valence-corrected chi connectivity index (χ3v) is 4.89. The van der Waals surface area contributed by atoms with Crippen molar-refractivity contribution in [2.75, 3.05) is 12.4 Å². The number of hydrogen-bond donors (Lipinski definition) is 1. The molecule has 0 heterocycles. The Kier molecular flexibility index (Phi) is 6.48. The average Bonchev–Trinajstić information content (AvgIpc) is 2.50. The molecule has 23 heavy (non-hydrogen) atoms. The van der Waals surface area contributed by atoms with Gasteiger partial charge in [-0.25, -0.2) is 0 Å². The van der Waals surface area contributed by atoms with E-state index in [0.717, 1.165) is 10.6 Å². The van der Waals surface area contributed by atoms with Gasteiger partial charge in [-0.05, 0) is 37.3 Å². The first-order valence-electron chi connectivity index (χ1n) is 6.67. The van der Waals surface area contributed by atoms with Gasteiger partial charge in [0.05, 0.1) is 28.1 Å². The zero-order chi connectivity index (χ0) is 17.0. The van der Waals surface area contributed by atoms with Gasteiger partial charge < -0.3 is 10.1 Å². The lowest BCUT2D eigenvalue weighted by atomic mass is 10.3. The smallest absolute Gasteiger partial charge is 0.237 e. The summed E-state index contributed by atoms with van der Waals surface area (Å²) >= 11 is 19.4. The highest BCUT2D eigenvalue weighted by atomic mass is 35.5. The summed E-state index contributed by atoms with van der Waals surface area (Å²) in [5.74, 6) is 0.537. The van der Waals surface area contributed by atoms with Crippen LogP contribution in [0.5, 0.6) is 5.75 Å². The van der Waals surface area contributed by atoms with E-state index in [1.165, 1.54) is 23.9 Å². The minimum atomic E-state index is -0.343. The van der Waals surface area contributed by atoms with Crippen molar-refractivity contribution in [1.82, 2.24) is 0 Å². The molecule has 0 fully saturated rings. The van der Waals surface area contributed by atoms with Crippen LogP contribution in [0.3, 0.4) is 0 Å². The Balaban J connectivity index is 2.08. The number of anilines is 1. The molecular weight excluding hydrogens is 377 g/mol. The maximum absolute atomic E-state index is 12.3. The maximum Gasteiger partial charge on any atom is 0.237 e. The van der Waals surface area contributed by atoms with E-state index in [1.54, 1.807) is 14.0 Å². The van der Waals surface area contributed by atoms with Crippen LogP contribution < -0.4 is 10.1 Å². The first-order chi connectivity index (χ1) is 10.9. The summed E-state index contributed by atoms with van der Waals surface area (Å²) in [6.45, 7) is 1.80. The van der Waals surface area contributed by atoms with Crippen LogP contribution in [-0.4, -0.2) is 18.3 Å². The summed E-state index contributed by atoms with van der Waals surface area (Å²) in [5.41, 5.74) is 0.362. The van der Waals surface area contributed by atoms with Gasteiger partial charge in [0.25, 0.3) is 0 Å². The molecule has 0 spiro atoms. The number of benzene rings is 2. The molecule has 0 aliphatic heterocycles. The lowest BCUT2D eigenvalue weighted by Crippen LogP contribution is -2.22. The van der Waals surface area contributed by atoms with Crippen molar-refractivity contribution < 1.29 is 9.53 Å². The highest BCUT2D eigenvalue weighted by Gasteiger charge is 2.18. The zero-order valence-corrected chi connectivity index (χ0v) is 15.5. The van der Waals surface area contributed by atoms with Gasteiger partial charge in [0.1, 0.15) is 5.75 Å². The van der Waals surface area contributed by atoms with Crippen molar-refractivity contribution in [3.63, 3.8) is 0 Å². The van der Waals surface area contributed by atoms with Gasteiger partial charge in [0, 0.05) is 9.92 Å². The van der Waals surface area contributed by atoms with Crippen LogP contribution in [0.4, 0.5) is 5.69 Å². The fraction of sp³-hybridized carbons (Fsp3) is 0.188. The molecule has 1 amide bonds. The Bertz CT molecular complexity index is 701. The van der Waals surface area contributed by atoms with Gasteiger partial charge in [-0.15, -0.1) is 11.8 Å². The van der Waals surface area contributed by atoms with E-state index in [1.807, 2.05) is 24.3 Å². The fourth-order valence-electron chi connectivity index (χ4n) is 1.82. The quantitative estimate of drug-likeness (QED) is 0.658. The van der Waals surface area contributed by atoms with E-state index in [-0.39, 0.29) is 11.2 Å². The molecule has 0 saturated heterocycles. The second kappa shape index (κ2) is 8.15. The van der Waals surface area contributed by atoms with Gasteiger partial charge >= 0.3 is 0 Å². The Morgan fingerprint density at radius 2 is 1.83 bits per heavy atom. The molecule has 0 aromatic heterocycles. The van der Waals surface area contributed by atoms with E-state index in [2.05, 4.69) is 5.32 Å². The lowest BCUT2D eigenvalue weighted by Gasteiger charge is -2.14. The van der Waals surface area contributed by atoms with Crippen LogP contribution in [0.2, 0.25) is 15.1 Å². The monoisotopic (exact) mass is 389 g/mol. The zero-order valence-electron chi connectivity index (χ0n) is 12.4. The Hall–Kier alpha value is -1.07. The Morgan fingerprint density at radius 3 is 2.43 bits per heavy atom. The minimum Gasteiger partial charge on any atom is -0.497 e. The normalized spacial score (nSPS) is 11.9. The summed E-state index contributed by atoms with van der Waals surface area (Å²) in [6.07, 6.45) is 0. The SMILES string of the molecule is COc1cccc(SC(C)C(=O)Nc2c(Cl)cc(Cl)cc2Cl)c1. The van der Waals surface area contributed by atoms with Crippen LogP contribution in [0, 0.1) is 0 Å². The maximum atomic E-state index is 12.3. The standard InChI is InChI=1S/C16H14Cl3NO2S/c1-9(23-12-5-3-4-11(8-12)22-2)16(21)20-15-13(18)6-10(17)7-14(15)19/h3-9H,1-2H3,(H,20,21). The lowest BCUT2D eigenvalue weighted by molar-refractivity contribution is -0.115. The number of ether oxygens (including phenoxy) is 1. The van der Waals surface area contributed by atoms with Gasteiger partial charge in [0.2, 0.25) is 5.91 Å². The van der Waals surface area contributed by atoms with Gasteiger partial charge in [-0.1, -0.05) is 40.9 Å². The van der Waals surface area contributed by atoms with E-state index >= 15 is 0 Å². The molecule has 2 aromatic rings. The van der Waals surface area contributed by atoms with Gasteiger partial charge in [0.15, 0.2) is 0 Å². The van der Waals surface area contributed by atoms with Crippen LogP contribution >= 0.6 is 46.6 Å². The number of halogens is 3. The molecule has 1 unspecified atom stereocenters. The summed E-state index contributed by atoms with van der Waals surface area (Å²) in [5, 5.41) is 3.41. The van der Waals surface area contributed by atoms with Crippen LogP contribution in [0.1, 0.15) is 6.92 Å². The molecular formula is C16H14Cl3NO2S. The van der Waals surface area contributed by atoms with Crippen molar-refractivity contribution in [1.29, 1.82) is 0 Å². The fourth-order valence-corrected chi connectivity index (χ4v) is 3.65. The molecule has 0 bridgehead atoms. The second-order valence-corrected chi connectivity index (χ2v) is 7.34. The Morgan fingerprint density at radius 1 is 1.17 bits per heavy atom. The van der Waals surface area contributed by atoms with Crippen molar-refractivity contribution in [2.24, 2.45) is 0 Å². The molecule has 1 N–H and O–H groups in total. The molecule has 7 heteroatoms. The first-order valence-corrected chi connectivity index (χ1v) is 8.68.